The summed E-state index contributed by atoms with van der Waals surface area (Å²) in [4.78, 5) is 12.4. The zero-order valence-electron chi connectivity index (χ0n) is 9.61. The quantitative estimate of drug-likeness (QED) is 0.682. The van der Waals surface area contributed by atoms with E-state index >= 15 is 0 Å². The van der Waals surface area contributed by atoms with E-state index in [1.54, 1.807) is 4.90 Å². The molecule has 2 rings (SSSR count). The molecule has 2 aliphatic rings. The van der Waals surface area contributed by atoms with Crippen LogP contribution >= 0.6 is 0 Å². The number of nitrogens with zero attached hydrogens (tertiary/aromatic N) is 1. The fourth-order valence-electron chi connectivity index (χ4n) is 2.31. The smallest absolute Gasteiger partial charge is 0.437 e. The molecule has 2 unspecified atom stereocenters. The lowest BCUT2D eigenvalue weighted by Gasteiger charge is -2.49. The molecule has 2 atom stereocenters. The van der Waals surface area contributed by atoms with Gasteiger partial charge < -0.3 is 15.2 Å². The van der Waals surface area contributed by atoms with Crippen molar-refractivity contribution in [2.75, 3.05) is 19.6 Å². The average Bonchev–Trinajstić information content (AvgIpc) is 2.32. The highest BCUT2D eigenvalue weighted by Crippen LogP contribution is 2.28. The van der Waals surface area contributed by atoms with Crippen molar-refractivity contribution in [1.82, 2.24) is 10.2 Å². The summed E-state index contributed by atoms with van der Waals surface area (Å²) in [6.07, 6.45) is -5.68. The maximum Gasteiger partial charge on any atom is 0.490 e. The van der Waals surface area contributed by atoms with Crippen LogP contribution in [0, 0.1) is 0 Å². The third-order valence-corrected chi connectivity index (χ3v) is 3.29. The van der Waals surface area contributed by atoms with E-state index in [1.807, 2.05) is 0 Å². The number of halogens is 3. The zero-order valence-corrected chi connectivity index (χ0v) is 9.61. The summed E-state index contributed by atoms with van der Waals surface area (Å²) in [7, 11) is 0. The summed E-state index contributed by atoms with van der Waals surface area (Å²) < 4.78 is 40.6. The highest BCUT2D eigenvalue weighted by Gasteiger charge is 2.49. The first kappa shape index (κ1) is 13.6. The second-order valence-electron chi connectivity index (χ2n) is 4.54. The third-order valence-electron chi connectivity index (χ3n) is 3.29. The number of β-amino-alcohol motifs (C(OH)–C–C–N with tert-alkyl or cyclic N) is 1. The largest absolute Gasteiger partial charge is 0.490 e. The van der Waals surface area contributed by atoms with E-state index in [0.29, 0.717) is 0 Å². The molecular formula is C10H15F3N2O3. The van der Waals surface area contributed by atoms with E-state index in [4.69, 9.17) is 0 Å². The molecule has 0 bridgehead atoms. The summed E-state index contributed by atoms with van der Waals surface area (Å²) in [5.41, 5.74) is 0. The molecule has 0 aromatic carbocycles. The van der Waals surface area contributed by atoms with Crippen molar-refractivity contribution in [2.45, 2.75) is 37.4 Å². The lowest BCUT2D eigenvalue weighted by Crippen LogP contribution is -2.66. The van der Waals surface area contributed by atoms with E-state index in [0.717, 1.165) is 25.9 Å². The predicted molar refractivity (Wildman–Crippen MR) is 54.5 cm³/mol. The van der Waals surface area contributed by atoms with E-state index in [1.165, 1.54) is 0 Å². The van der Waals surface area contributed by atoms with Crippen molar-refractivity contribution >= 4 is 5.97 Å². The molecule has 0 amide bonds. The molecule has 2 N–H and O–H groups in total. The number of carbonyl (C=O) groups is 1. The first-order chi connectivity index (χ1) is 8.39. The number of alkyl halides is 3. The lowest BCUT2D eigenvalue weighted by atomic mass is 9.98. The van der Waals surface area contributed by atoms with Gasteiger partial charge in [-0.1, -0.05) is 0 Å². The molecule has 2 saturated heterocycles. The Morgan fingerprint density at radius 2 is 1.94 bits per heavy atom. The average molecular weight is 268 g/mol. The monoisotopic (exact) mass is 268 g/mol. The summed E-state index contributed by atoms with van der Waals surface area (Å²) in [5.74, 6) is -2.25. The maximum atomic E-state index is 12.1. The standard InChI is InChI=1S/C10H15F3N2O3/c11-10(12,13)9(17)18-8-7(16)5-15(8)6-1-3-14-4-2-6/h6-8,14,16H,1-5H2. The summed E-state index contributed by atoms with van der Waals surface area (Å²) in [5, 5.41) is 12.6. The minimum atomic E-state index is -5.02. The number of hydrogen-bond donors (Lipinski definition) is 2. The SMILES string of the molecule is O=C(OC1C(O)CN1C1CCNCC1)C(F)(F)F. The molecule has 0 aliphatic carbocycles. The minimum Gasteiger partial charge on any atom is -0.437 e. The molecule has 0 spiro atoms. The van der Waals surface area contributed by atoms with Gasteiger partial charge in [-0.25, -0.2) is 4.79 Å². The number of hydrogen-bond acceptors (Lipinski definition) is 5. The first-order valence-electron chi connectivity index (χ1n) is 5.82. The summed E-state index contributed by atoms with van der Waals surface area (Å²) in [6, 6.07) is 0.0562. The molecule has 2 fully saturated rings. The minimum absolute atomic E-state index is 0.0562. The van der Waals surface area contributed by atoms with Crippen molar-refractivity contribution in [2.24, 2.45) is 0 Å². The van der Waals surface area contributed by atoms with Gasteiger partial charge in [0.15, 0.2) is 6.23 Å². The molecule has 0 aromatic rings. The van der Waals surface area contributed by atoms with Gasteiger partial charge in [0.05, 0.1) is 0 Å². The Hall–Kier alpha value is -0.860. The number of carbonyl (C=O) groups excluding carboxylic acids is 1. The van der Waals surface area contributed by atoms with E-state index in [2.05, 4.69) is 10.1 Å². The van der Waals surface area contributed by atoms with Gasteiger partial charge in [0.1, 0.15) is 6.10 Å². The number of piperidine rings is 1. The topological polar surface area (TPSA) is 61.8 Å². The molecule has 0 radical (unpaired) electrons. The van der Waals surface area contributed by atoms with Crippen molar-refractivity contribution in [1.29, 1.82) is 0 Å². The third kappa shape index (κ3) is 2.76. The van der Waals surface area contributed by atoms with Gasteiger partial charge in [0, 0.05) is 12.6 Å². The van der Waals surface area contributed by atoms with Crippen molar-refractivity contribution < 1.29 is 27.8 Å². The van der Waals surface area contributed by atoms with Gasteiger partial charge in [-0.2, -0.15) is 13.2 Å². The zero-order chi connectivity index (χ0) is 13.3. The molecule has 0 saturated carbocycles. The second-order valence-corrected chi connectivity index (χ2v) is 4.54. The Morgan fingerprint density at radius 3 is 2.44 bits per heavy atom. The number of rotatable bonds is 2. The second kappa shape index (κ2) is 5.02. The van der Waals surface area contributed by atoms with Crippen LogP contribution in [0.4, 0.5) is 13.2 Å². The Morgan fingerprint density at radius 1 is 1.33 bits per heavy atom. The van der Waals surface area contributed by atoms with Crippen LogP contribution in [0.2, 0.25) is 0 Å². The van der Waals surface area contributed by atoms with Crippen LogP contribution in [0.5, 0.6) is 0 Å². The van der Waals surface area contributed by atoms with Crippen LogP contribution in [0.25, 0.3) is 0 Å². The van der Waals surface area contributed by atoms with Gasteiger partial charge in [-0.3, -0.25) is 4.90 Å². The van der Waals surface area contributed by atoms with Crippen LogP contribution in [0.3, 0.4) is 0 Å². The van der Waals surface area contributed by atoms with E-state index in [-0.39, 0.29) is 12.6 Å². The molecule has 104 valence electrons. The van der Waals surface area contributed by atoms with Gasteiger partial charge in [0.25, 0.3) is 0 Å². The number of esters is 1. The van der Waals surface area contributed by atoms with Gasteiger partial charge in [-0.05, 0) is 25.9 Å². The molecule has 0 aromatic heterocycles. The highest BCUT2D eigenvalue weighted by molar-refractivity contribution is 5.75. The number of ether oxygens (including phenoxy) is 1. The number of nitrogens with one attached hydrogen (secondary N) is 1. The van der Waals surface area contributed by atoms with Gasteiger partial charge in [0.2, 0.25) is 0 Å². The normalized spacial score (nSPS) is 30.9. The summed E-state index contributed by atoms with van der Waals surface area (Å²) in [6.45, 7) is 1.80. The fourth-order valence-corrected chi connectivity index (χ4v) is 2.31. The molecule has 18 heavy (non-hydrogen) atoms. The molecule has 8 heteroatoms. The van der Waals surface area contributed by atoms with Crippen LogP contribution in [0.1, 0.15) is 12.8 Å². The van der Waals surface area contributed by atoms with Crippen LogP contribution in [-0.4, -0.2) is 60.2 Å². The fraction of sp³-hybridized carbons (Fsp3) is 0.900. The van der Waals surface area contributed by atoms with Crippen molar-refractivity contribution in [3.63, 3.8) is 0 Å². The Labute approximate surface area is 102 Å². The highest BCUT2D eigenvalue weighted by atomic mass is 19.4. The van der Waals surface area contributed by atoms with Gasteiger partial charge >= 0.3 is 12.1 Å². The maximum absolute atomic E-state index is 12.1. The lowest BCUT2D eigenvalue weighted by molar-refractivity contribution is -0.248. The molecular weight excluding hydrogens is 253 g/mol. The first-order valence-corrected chi connectivity index (χ1v) is 5.82. The molecule has 5 nitrogen and oxygen atoms in total. The Bertz CT molecular complexity index is 318. The Kier molecular flexibility index (Phi) is 3.79. The van der Waals surface area contributed by atoms with Gasteiger partial charge in [-0.15, -0.1) is 0 Å². The van der Waals surface area contributed by atoms with Crippen LogP contribution < -0.4 is 5.32 Å². The number of aliphatic hydroxyl groups excluding tert-OH is 1. The summed E-state index contributed by atoms with van der Waals surface area (Å²) >= 11 is 0. The van der Waals surface area contributed by atoms with Crippen molar-refractivity contribution in [3.05, 3.63) is 0 Å². The van der Waals surface area contributed by atoms with E-state index in [9.17, 15) is 23.1 Å². The van der Waals surface area contributed by atoms with E-state index < -0.39 is 24.5 Å². The number of likely N-dealkylation sites (tertiary alicyclic amines) is 1. The Balaban J connectivity index is 1.92. The predicted octanol–water partition coefficient (Wildman–Crippen LogP) is -0.154. The van der Waals surface area contributed by atoms with Crippen LogP contribution in [0.15, 0.2) is 0 Å². The molecule has 2 aliphatic heterocycles. The number of aliphatic hydroxyl groups is 1. The van der Waals surface area contributed by atoms with Crippen LogP contribution in [-0.2, 0) is 9.53 Å². The van der Waals surface area contributed by atoms with Crippen molar-refractivity contribution in [3.8, 4) is 0 Å². The molecule has 2 heterocycles.